The van der Waals surface area contributed by atoms with Gasteiger partial charge in [-0.2, -0.15) is 18.2 Å². The van der Waals surface area contributed by atoms with Gasteiger partial charge in [0.2, 0.25) is 0 Å². The lowest BCUT2D eigenvalue weighted by atomic mass is 10.3. The molecule has 0 aliphatic carbocycles. The first kappa shape index (κ1) is 16.7. The molecule has 3 rings (SSSR count). The van der Waals surface area contributed by atoms with Crippen molar-refractivity contribution in [2.75, 3.05) is 18.5 Å². The molecule has 9 heteroatoms. The molecule has 0 spiro atoms. The van der Waals surface area contributed by atoms with Gasteiger partial charge in [0.05, 0.1) is 17.1 Å². The van der Waals surface area contributed by atoms with Gasteiger partial charge in [0.1, 0.15) is 12.3 Å². The lowest BCUT2D eigenvalue weighted by Crippen LogP contribution is -2.30. The van der Waals surface area contributed by atoms with Gasteiger partial charge in [-0.1, -0.05) is 0 Å². The Morgan fingerprint density at radius 2 is 1.92 bits per heavy atom. The van der Waals surface area contributed by atoms with Crippen LogP contribution in [0.4, 0.5) is 18.9 Å². The number of alkyl halides is 3. The fourth-order valence-corrected chi connectivity index (χ4v) is 2.26. The third-order valence-electron chi connectivity index (χ3n) is 3.40. The number of aromatic amines is 1. The number of pyridine rings is 1. The van der Waals surface area contributed by atoms with Crippen molar-refractivity contribution in [1.82, 2.24) is 15.0 Å². The van der Waals surface area contributed by atoms with E-state index in [0.717, 1.165) is 4.90 Å². The highest BCUT2D eigenvalue weighted by Crippen LogP contribution is 2.24. The molecule has 1 N–H and O–H groups in total. The third kappa shape index (κ3) is 4.06. The summed E-state index contributed by atoms with van der Waals surface area (Å²) in [4.78, 5) is 23.5. The van der Waals surface area contributed by atoms with Gasteiger partial charge < -0.3 is 9.64 Å². The molecule has 0 radical (unpaired) electrons. The number of nitrogens with one attached hydrogen (secondary N) is 1. The molecular formula is C16H13F3N4O2. The van der Waals surface area contributed by atoms with Gasteiger partial charge in [-0.3, -0.25) is 14.8 Å². The molecule has 130 valence electrons. The van der Waals surface area contributed by atoms with Crippen molar-refractivity contribution < 1.29 is 17.9 Å². The second-order valence-electron chi connectivity index (χ2n) is 5.33. The van der Waals surface area contributed by atoms with Gasteiger partial charge >= 0.3 is 12.2 Å². The largest absolute Gasteiger partial charge is 0.426 e. The quantitative estimate of drug-likeness (QED) is 0.783. The van der Waals surface area contributed by atoms with Gasteiger partial charge in [0.15, 0.2) is 0 Å². The van der Waals surface area contributed by atoms with E-state index in [1.807, 2.05) is 0 Å². The zero-order valence-corrected chi connectivity index (χ0v) is 13.0. The van der Waals surface area contributed by atoms with Crippen LogP contribution in [0.3, 0.4) is 0 Å². The summed E-state index contributed by atoms with van der Waals surface area (Å²) in [5.74, 6) is 0.329. The molecule has 0 amide bonds. The Kier molecular flexibility index (Phi) is 4.30. The lowest BCUT2D eigenvalue weighted by Gasteiger charge is -2.21. The van der Waals surface area contributed by atoms with E-state index in [1.165, 1.54) is 49.8 Å². The average Bonchev–Trinajstić information content (AvgIpc) is 2.54. The first-order valence-corrected chi connectivity index (χ1v) is 7.22. The molecule has 3 aromatic rings. The van der Waals surface area contributed by atoms with Crippen molar-refractivity contribution in [2.45, 2.75) is 6.18 Å². The summed E-state index contributed by atoms with van der Waals surface area (Å²) in [5.41, 5.74) is 0.389. The van der Waals surface area contributed by atoms with E-state index in [2.05, 4.69) is 15.0 Å². The minimum Gasteiger partial charge on any atom is -0.426 e. The molecule has 0 aliphatic rings. The summed E-state index contributed by atoms with van der Waals surface area (Å²) in [6, 6.07) is 7.48. The maximum absolute atomic E-state index is 12.4. The Bertz CT molecular complexity index is 939. The summed E-state index contributed by atoms with van der Waals surface area (Å²) in [5, 5.41) is 0.381. The van der Waals surface area contributed by atoms with Crippen molar-refractivity contribution in [3.63, 3.8) is 0 Å². The third-order valence-corrected chi connectivity index (χ3v) is 3.40. The van der Waals surface area contributed by atoms with Gasteiger partial charge in [0, 0.05) is 18.9 Å². The number of ether oxygens (including phenoxy) is 1. The summed E-state index contributed by atoms with van der Waals surface area (Å²) in [7, 11) is 1.35. The van der Waals surface area contributed by atoms with Crippen LogP contribution in [0.15, 0.2) is 47.5 Å². The first-order chi connectivity index (χ1) is 11.8. The molecule has 2 heterocycles. The fourth-order valence-electron chi connectivity index (χ4n) is 2.26. The number of nitrogens with zero attached hydrogens (tertiary/aromatic N) is 3. The summed E-state index contributed by atoms with van der Waals surface area (Å²) in [6.07, 6.45) is -1.37. The molecular weight excluding hydrogens is 337 g/mol. The van der Waals surface area contributed by atoms with Crippen molar-refractivity contribution in [3.05, 3.63) is 53.1 Å². The summed E-state index contributed by atoms with van der Waals surface area (Å²) >= 11 is 0. The van der Waals surface area contributed by atoms with Crippen LogP contribution in [0.1, 0.15) is 0 Å². The van der Waals surface area contributed by atoms with Crippen LogP contribution in [0.5, 0.6) is 11.8 Å². The van der Waals surface area contributed by atoms with Crippen LogP contribution in [0, 0.1) is 0 Å². The van der Waals surface area contributed by atoms with Crippen molar-refractivity contribution in [2.24, 2.45) is 0 Å². The van der Waals surface area contributed by atoms with Crippen LogP contribution in [-0.2, 0) is 0 Å². The highest BCUT2D eigenvalue weighted by atomic mass is 19.4. The number of fused-ring (bicyclic) bond motifs is 1. The second-order valence-corrected chi connectivity index (χ2v) is 5.33. The molecule has 1 aromatic carbocycles. The zero-order valence-electron chi connectivity index (χ0n) is 13.0. The predicted octanol–water partition coefficient (Wildman–Crippen LogP) is 3.11. The number of halogens is 3. The van der Waals surface area contributed by atoms with E-state index in [-0.39, 0.29) is 11.6 Å². The predicted molar refractivity (Wildman–Crippen MR) is 86.0 cm³/mol. The first-order valence-electron chi connectivity index (χ1n) is 7.22. The highest BCUT2D eigenvalue weighted by Gasteiger charge is 2.29. The Balaban J connectivity index is 1.79. The summed E-state index contributed by atoms with van der Waals surface area (Å²) in [6.45, 7) is -1.06. The normalized spacial score (nSPS) is 11.5. The Morgan fingerprint density at radius 3 is 2.60 bits per heavy atom. The number of aromatic nitrogens is 3. The molecule has 0 fully saturated rings. The van der Waals surface area contributed by atoms with Crippen LogP contribution in [0.25, 0.3) is 10.9 Å². The van der Waals surface area contributed by atoms with Gasteiger partial charge in [-0.25, -0.2) is 0 Å². The zero-order chi connectivity index (χ0) is 18.0. The fraction of sp³-hybridized carbons (Fsp3) is 0.188. The molecule has 0 unspecified atom stereocenters. The lowest BCUT2D eigenvalue weighted by molar-refractivity contribution is -0.119. The number of H-pyrrole nitrogens is 1. The van der Waals surface area contributed by atoms with E-state index in [0.29, 0.717) is 22.3 Å². The van der Waals surface area contributed by atoms with Gasteiger partial charge in [0.25, 0.3) is 5.56 Å². The van der Waals surface area contributed by atoms with Crippen LogP contribution < -0.4 is 15.2 Å². The highest BCUT2D eigenvalue weighted by molar-refractivity contribution is 5.76. The standard InChI is InChI=1S/C16H13F3N4O2/c1-23(9-16(17,18)19)10-2-4-11(5-3-10)25-15-21-13-8-20-7-6-12(13)14(24)22-15/h2-8H,9H2,1H3,(H,21,22,24). The molecule has 0 atom stereocenters. The van der Waals surface area contributed by atoms with E-state index >= 15 is 0 Å². The van der Waals surface area contributed by atoms with Gasteiger partial charge in [-0.05, 0) is 30.3 Å². The van der Waals surface area contributed by atoms with E-state index in [9.17, 15) is 18.0 Å². The molecule has 0 saturated heterocycles. The molecule has 25 heavy (non-hydrogen) atoms. The van der Waals surface area contributed by atoms with Crippen molar-refractivity contribution in [3.8, 4) is 11.8 Å². The Labute approximate surface area is 139 Å². The minimum atomic E-state index is -4.29. The Hall–Kier alpha value is -3.10. The number of rotatable bonds is 4. The SMILES string of the molecule is CN(CC(F)(F)F)c1ccc(Oc2nc3cnccc3c(=O)[nH]2)cc1. The maximum Gasteiger partial charge on any atom is 0.405 e. The van der Waals surface area contributed by atoms with Gasteiger partial charge in [-0.15, -0.1) is 0 Å². The van der Waals surface area contributed by atoms with E-state index in [4.69, 9.17) is 4.74 Å². The molecule has 6 nitrogen and oxygen atoms in total. The topological polar surface area (TPSA) is 71.1 Å². The number of hydrogen-bond acceptors (Lipinski definition) is 5. The summed E-state index contributed by atoms with van der Waals surface area (Å²) < 4.78 is 42.7. The number of anilines is 1. The Morgan fingerprint density at radius 1 is 1.20 bits per heavy atom. The van der Waals surface area contributed by atoms with E-state index < -0.39 is 12.7 Å². The monoisotopic (exact) mass is 350 g/mol. The minimum absolute atomic E-state index is 0.0260. The number of benzene rings is 1. The second kappa shape index (κ2) is 6.42. The van der Waals surface area contributed by atoms with Crippen LogP contribution in [-0.4, -0.2) is 34.7 Å². The van der Waals surface area contributed by atoms with Crippen molar-refractivity contribution >= 4 is 16.6 Å². The molecule has 2 aromatic heterocycles. The van der Waals surface area contributed by atoms with Crippen LogP contribution in [0.2, 0.25) is 0 Å². The maximum atomic E-state index is 12.4. The smallest absolute Gasteiger partial charge is 0.405 e. The average molecular weight is 350 g/mol. The number of hydrogen-bond donors (Lipinski definition) is 1. The molecule has 0 saturated carbocycles. The van der Waals surface area contributed by atoms with Crippen LogP contribution >= 0.6 is 0 Å². The molecule has 0 aliphatic heterocycles. The molecule has 0 bridgehead atoms. The van der Waals surface area contributed by atoms with Crippen molar-refractivity contribution in [1.29, 1.82) is 0 Å². The van der Waals surface area contributed by atoms with E-state index in [1.54, 1.807) is 0 Å².